The molecule has 3 atom stereocenters. The molecule has 0 aromatic rings. The molecule has 0 heterocycles. The lowest BCUT2D eigenvalue weighted by Crippen LogP contribution is -2.35. The third kappa shape index (κ3) is 4.54. The van der Waals surface area contributed by atoms with Crippen molar-refractivity contribution in [1.82, 2.24) is 0 Å². The van der Waals surface area contributed by atoms with Crippen molar-refractivity contribution in [1.29, 1.82) is 0 Å². The molecule has 3 N–H and O–H groups in total. The van der Waals surface area contributed by atoms with E-state index >= 15 is 0 Å². The summed E-state index contributed by atoms with van der Waals surface area (Å²) in [5.74, 6) is 2.31. The highest BCUT2D eigenvalue weighted by Crippen LogP contribution is 2.35. The molecule has 0 bridgehead atoms. The van der Waals surface area contributed by atoms with E-state index in [1.165, 1.54) is 12.8 Å². The van der Waals surface area contributed by atoms with Crippen LogP contribution in [0.2, 0.25) is 0 Å². The lowest BCUT2D eigenvalue weighted by atomic mass is 9.75. The number of nitrogens with two attached hydrogens (primary N) is 1. The van der Waals surface area contributed by atoms with E-state index in [9.17, 15) is 0 Å². The number of amidine groups is 1. The maximum absolute atomic E-state index is 8.46. The zero-order chi connectivity index (χ0) is 12.8. The maximum Gasteiger partial charge on any atom is 0.141 e. The van der Waals surface area contributed by atoms with E-state index in [1.807, 2.05) is 0 Å². The molecule has 0 radical (unpaired) electrons. The Morgan fingerprint density at radius 1 is 1.47 bits per heavy atom. The number of hydrogen-bond acceptors (Lipinski definition) is 3. The lowest BCUT2D eigenvalue weighted by Gasteiger charge is -2.37. The summed E-state index contributed by atoms with van der Waals surface area (Å²) in [4.78, 5) is 0. The molecule has 17 heavy (non-hydrogen) atoms. The number of hydrogen-bond donors (Lipinski definition) is 2. The van der Waals surface area contributed by atoms with Gasteiger partial charge in [-0.2, -0.15) is 0 Å². The number of nitrogens with zero attached hydrogens (tertiary/aromatic N) is 1. The van der Waals surface area contributed by atoms with Crippen molar-refractivity contribution in [3.63, 3.8) is 0 Å². The topological polar surface area (TPSA) is 67.8 Å². The molecule has 1 saturated carbocycles. The summed E-state index contributed by atoms with van der Waals surface area (Å²) in [5, 5.41) is 11.4. The number of oxime groups is 1. The van der Waals surface area contributed by atoms with Crippen LogP contribution >= 0.6 is 0 Å². The highest BCUT2D eigenvalue weighted by Gasteiger charge is 2.31. The van der Waals surface area contributed by atoms with Gasteiger partial charge in [0.25, 0.3) is 0 Å². The van der Waals surface area contributed by atoms with Gasteiger partial charge in [-0.25, -0.2) is 0 Å². The Bertz CT molecular complexity index is 254. The molecule has 1 aliphatic rings. The third-order valence-corrected chi connectivity index (χ3v) is 3.78. The van der Waals surface area contributed by atoms with Gasteiger partial charge in [0.15, 0.2) is 0 Å². The fourth-order valence-electron chi connectivity index (χ4n) is 2.67. The SMILES string of the molecule is CC1CCC(C(C)C)C(OCC/C(N)=N/O)C1. The van der Waals surface area contributed by atoms with Crippen LogP contribution in [0.5, 0.6) is 0 Å². The second-order valence-electron chi connectivity index (χ2n) is 5.58. The summed E-state index contributed by atoms with van der Waals surface area (Å²) in [6, 6.07) is 0. The minimum atomic E-state index is 0.245. The van der Waals surface area contributed by atoms with Crippen LogP contribution in [0.1, 0.15) is 46.5 Å². The molecule has 100 valence electrons. The fraction of sp³-hybridized carbons (Fsp3) is 0.923. The Hall–Kier alpha value is -0.770. The number of ether oxygens (including phenoxy) is 1. The van der Waals surface area contributed by atoms with E-state index in [4.69, 9.17) is 15.7 Å². The van der Waals surface area contributed by atoms with Crippen molar-refractivity contribution >= 4 is 5.84 Å². The van der Waals surface area contributed by atoms with Crippen LogP contribution in [-0.4, -0.2) is 23.8 Å². The van der Waals surface area contributed by atoms with Gasteiger partial charge in [0.2, 0.25) is 0 Å². The molecular formula is C13H26N2O2. The zero-order valence-electron chi connectivity index (χ0n) is 11.2. The summed E-state index contributed by atoms with van der Waals surface area (Å²) >= 11 is 0. The quantitative estimate of drug-likeness (QED) is 0.337. The molecule has 0 amide bonds. The average Bonchev–Trinajstić information content (AvgIpc) is 2.28. The fourth-order valence-corrected chi connectivity index (χ4v) is 2.67. The molecule has 1 rings (SSSR count). The second-order valence-corrected chi connectivity index (χ2v) is 5.58. The van der Waals surface area contributed by atoms with Gasteiger partial charge in [0, 0.05) is 6.42 Å². The van der Waals surface area contributed by atoms with E-state index in [1.54, 1.807) is 0 Å². The number of rotatable bonds is 5. The first-order valence-corrected chi connectivity index (χ1v) is 6.62. The van der Waals surface area contributed by atoms with E-state index in [-0.39, 0.29) is 5.84 Å². The molecule has 4 heteroatoms. The largest absolute Gasteiger partial charge is 0.409 e. The normalized spacial score (nSPS) is 30.8. The van der Waals surface area contributed by atoms with Crippen molar-refractivity contribution in [2.24, 2.45) is 28.6 Å². The van der Waals surface area contributed by atoms with Gasteiger partial charge in [-0.1, -0.05) is 32.3 Å². The Morgan fingerprint density at radius 2 is 2.18 bits per heavy atom. The second kappa shape index (κ2) is 6.84. The Labute approximate surface area is 104 Å². The van der Waals surface area contributed by atoms with Crippen molar-refractivity contribution in [2.45, 2.75) is 52.6 Å². The molecule has 1 fully saturated rings. The van der Waals surface area contributed by atoms with Gasteiger partial charge in [0.05, 0.1) is 12.7 Å². The first-order chi connectivity index (χ1) is 8.04. The smallest absolute Gasteiger partial charge is 0.141 e. The minimum Gasteiger partial charge on any atom is -0.409 e. The standard InChI is InChI=1S/C13H26N2O2/c1-9(2)11-5-4-10(3)8-12(11)17-7-6-13(14)15-16/h9-12,16H,4-8H2,1-3H3,(H2,14,15). The van der Waals surface area contributed by atoms with E-state index in [0.717, 1.165) is 12.3 Å². The summed E-state index contributed by atoms with van der Waals surface area (Å²) in [6.45, 7) is 7.37. The lowest BCUT2D eigenvalue weighted by molar-refractivity contribution is -0.0356. The van der Waals surface area contributed by atoms with Crippen molar-refractivity contribution in [2.75, 3.05) is 6.61 Å². The van der Waals surface area contributed by atoms with E-state index in [2.05, 4.69) is 25.9 Å². The zero-order valence-corrected chi connectivity index (χ0v) is 11.2. The van der Waals surface area contributed by atoms with Crippen molar-refractivity contribution in [3.05, 3.63) is 0 Å². The summed E-state index contributed by atoms with van der Waals surface area (Å²) in [7, 11) is 0. The Balaban J connectivity index is 2.41. The molecule has 0 aliphatic heterocycles. The van der Waals surface area contributed by atoms with Gasteiger partial charge < -0.3 is 15.7 Å². The predicted molar refractivity (Wildman–Crippen MR) is 69.1 cm³/mol. The molecule has 3 unspecified atom stereocenters. The van der Waals surface area contributed by atoms with Gasteiger partial charge >= 0.3 is 0 Å². The maximum atomic E-state index is 8.46. The van der Waals surface area contributed by atoms with Crippen LogP contribution in [-0.2, 0) is 4.74 Å². The van der Waals surface area contributed by atoms with Crippen LogP contribution in [0.3, 0.4) is 0 Å². The monoisotopic (exact) mass is 242 g/mol. The summed E-state index contributed by atoms with van der Waals surface area (Å²) in [5.41, 5.74) is 5.43. The van der Waals surface area contributed by atoms with Crippen LogP contribution in [0.25, 0.3) is 0 Å². The molecule has 0 spiro atoms. The Kier molecular flexibility index (Phi) is 5.75. The van der Waals surface area contributed by atoms with Crippen molar-refractivity contribution < 1.29 is 9.94 Å². The van der Waals surface area contributed by atoms with Crippen LogP contribution < -0.4 is 5.73 Å². The van der Waals surface area contributed by atoms with Gasteiger partial charge in [0.1, 0.15) is 5.84 Å². The molecule has 1 aliphatic carbocycles. The first-order valence-electron chi connectivity index (χ1n) is 6.62. The highest BCUT2D eigenvalue weighted by molar-refractivity contribution is 5.79. The summed E-state index contributed by atoms with van der Waals surface area (Å²) < 4.78 is 5.93. The molecule has 4 nitrogen and oxygen atoms in total. The highest BCUT2D eigenvalue weighted by atomic mass is 16.5. The van der Waals surface area contributed by atoms with Gasteiger partial charge in [-0.15, -0.1) is 0 Å². The molecular weight excluding hydrogens is 216 g/mol. The van der Waals surface area contributed by atoms with Crippen molar-refractivity contribution in [3.8, 4) is 0 Å². The van der Waals surface area contributed by atoms with E-state index < -0.39 is 0 Å². The Morgan fingerprint density at radius 3 is 2.76 bits per heavy atom. The molecule has 0 saturated heterocycles. The molecule has 0 aromatic carbocycles. The van der Waals surface area contributed by atoms with Crippen LogP contribution in [0.4, 0.5) is 0 Å². The van der Waals surface area contributed by atoms with E-state index in [0.29, 0.717) is 31.0 Å². The third-order valence-electron chi connectivity index (χ3n) is 3.78. The van der Waals surface area contributed by atoms with Crippen LogP contribution in [0, 0.1) is 17.8 Å². The average molecular weight is 242 g/mol. The van der Waals surface area contributed by atoms with Gasteiger partial charge in [-0.3, -0.25) is 0 Å². The van der Waals surface area contributed by atoms with Gasteiger partial charge in [-0.05, 0) is 30.6 Å². The summed E-state index contributed by atoms with van der Waals surface area (Å²) in [6.07, 6.45) is 4.55. The first kappa shape index (κ1) is 14.3. The predicted octanol–water partition coefficient (Wildman–Crippen LogP) is 2.60. The van der Waals surface area contributed by atoms with Crippen LogP contribution in [0.15, 0.2) is 5.16 Å². The molecule has 0 aromatic heterocycles. The minimum absolute atomic E-state index is 0.245.